The molecule has 1 fully saturated rings. The molecule has 0 aliphatic carbocycles. The zero-order chi connectivity index (χ0) is 24.8. The Balaban J connectivity index is 1.99. The summed E-state index contributed by atoms with van der Waals surface area (Å²) in [4.78, 5) is 27.4. The maximum Gasteiger partial charge on any atom is 0.300 e. The second kappa shape index (κ2) is 8.52. The van der Waals surface area contributed by atoms with Gasteiger partial charge in [-0.25, -0.2) is 8.78 Å². The number of hydrogen-bond donors (Lipinski definition) is 1. The number of carbonyl (C=O) groups excluding carboxylic acids is 2. The fourth-order valence-corrected chi connectivity index (χ4v) is 4.20. The monoisotopic (exact) mass is 461 g/mol. The number of ketones is 1. The molecule has 3 aromatic rings. The molecule has 1 N–H and O–H groups in total. The van der Waals surface area contributed by atoms with Gasteiger partial charge < -0.3 is 5.11 Å². The number of Topliss-reactive ketones (excluding diaryl/α,β-unsaturated/α-hetero) is 1. The van der Waals surface area contributed by atoms with Crippen LogP contribution in [0.4, 0.5) is 14.5 Å². The molecule has 174 valence electrons. The van der Waals surface area contributed by atoms with E-state index in [2.05, 4.69) is 0 Å². The van der Waals surface area contributed by atoms with E-state index in [1.54, 1.807) is 43.3 Å². The Morgan fingerprint density at radius 3 is 2.24 bits per heavy atom. The zero-order valence-electron chi connectivity index (χ0n) is 19.4. The number of carbonyl (C=O) groups is 2. The second-order valence-electron chi connectivity index (χ2n) is 9.46. The Morgan fingerprint density at radius 2 is 1.62 bits per heavy atom. The van der Waals surface area contributed by atoms with Crippen LogP contribution in [0, 0.1) is 18.6 Å². The summed E-state index contributed by atoms with van der Waals surface area (Å²) < 4.78 is 28.3. The Kier molecular flexibility index (Phi) is 5.86. The molecule has 0 bridgehead atoms. The molecular weight excluding hydrogens is 436 g/mol. The third-order valence-electron chi connectivity index (χ3n) is 6.09. The molecule has 0 aromatic heterocycles. The maximum absolute atomic E-state index is 14.8. The van der Waals surface area contributed by atoms with Gasteiger partial charge in [0.25, 0.3) is 11.7 Å². The lowest BCUT2D eigenvalue weighted by molar-refractivity contribution is -0.132. The van der Waals surface area contributed by atoms with Crippen LogP contribution in [0.3, 0.4) is 0 Å². The Morgan fingerprint density at radius 1 is 0.941 bits per heavy atom. The molecule has 3 aromatic carbocycles. The molecule has 1 atom stereocenters. The number of benzene rings is 3. The average Bonchev–Trinajstić information content (AvgIpc) is 3.04. The van der Waals surface area contributed by atoms with Gasteiger partial charge in [0.15, 0.2) is 0 Å². The average molecular weight is 462 g/mol. The summed E-state index contributed by atoms with van der Waals surface area (Å²) in [6.45, 7) is 7.89. The van der Waals surface area contributed by atoms with Crippen molar-refractivity contribution in [2.24, 2.45) is 0 Å². The van der Waals surface area contributed by atoms with Crippen LogP contribution < -0.4 is 4.90 Å². The molecule has 1 heterocycles. The highest BCUT2D eigenvalue weighted by atomic mass is 19.1. The van der Waals surface area contributed by atoms with E-state index in [1.807, 2.05) is 32.9 Å². The molecule has 1 aliphatic heterocycles. The topological polar surface area (TPSA) is 57.6 Å². The summed E-state index contributed by atoms with van der Waals surface area (Å²) in [5.41, 5.74) is 1.99. The first kappa shape index (κ1) is 23.4. The van der Waals surface area contributed by atoms with E-state index in [0.29, 0.717) is 17.2 Å². The van der Waals surface area contributed by atoms with Gasteiger partial charge in [-0.3, -0.25) is 14.5 Å². The van der Waals surface area contributed by atoms with Crippen LogP contribution in [0.15, 0.2) is 72.3 Å². The van der Waals surface area contributed by atoms with E-state index >= 15 is 0 Å². The van der Waals surface area contributed by atoms with Crippen LogP contribution in [0.2, 0.25) is 0 Å². The van der Waals surface area contributed by atoms with Gasteiger partial charge in [-0.1, -0.05) is 63.2 Å². The molecule has 6 heteroatoms. The minimum absolute atomic E-state index is 0.144. The SMILES string of the molecule is Cc1ccc(C(C)(C)C)cc1/C(O)=C1\C(=O)C(=O)N(c2ccc(F)cc2F)C1c1ccccc1. The first-order valence-electron chi connectivity index (χ1n) is 10.9. The van der Waals surface area contributed by atoms with E-state index in [4.69, 9.17) is 0 Å². The molecule has 1 saturated heterocycles. The Labute approximate surface area is 197 Å². The largest absolute Gasteiger partial charge is 0.507 e. The lowest BCUT2D eigenvalue weighted by Crippen LogP contribution is -2.30. The van der Waals surface area contributed by atoms with Crippen LogP contribution in [-0.4, -0.2) is 16.8 Å². The highest BCUT2D eigenvalue weighted by Gasteiger charge is 2.47. The van der Waals surface area contributed by atoms with Crippen molar-refractivity contribution in [2.75, 3.05) is 4.90 Å². The van der Waals surface area contributed by atoms with Gasteiger partial charge in [-0.15, -0.1) is 0 Å². The molecule has 4 rings (SSSR count). The van der Waals surface area contributed by atoms with E-state index in [-0.39, 0.29) is 22.4 Å². The highest BCUT2D eigenvalue weighted by molar-refractivity contribution is 6.51. The maximum atomic E-state index is 14.8. The number of anilines is 1. The van der Waals surface area contributed by atoms with Gasteiger partial charge in [0.1, 0.15) is 17.4 Å². The molecule has 1 aliphatic rings. The molecule has 1 amide bonds. The predicted octanol–water partition coefficient (Wildman–Crippen LogP) is 6.20. The standard InChI is InChI=1S/C28H25F2NO3/c1-16-10-11-18(28(2,3)4)14-20(16)25(32)23-24(17-8-6-5-7-9-17)31(27(34)26(23)33)22-13-12-19(29)15-21(22)30/h5-15,24,32H,1-4H3/b25-23+. The number of aliphatic hydroxyl groups is 1. The third kappa shape index (κ3) is 4.00. The molecule has 34 heavy (non-hydrogen) atoms. The van der Waals surface area contributed by atoms with E-state index in [0.717, 1.165) is 28.2 Å². The molecule has 0 saturated carbocycles. The molecule has 4 nitrogen and oxygen atoms in total. The molecule has 0 radical (unpaired) electrons. The molecule has 0 spiro atoms. The van der Waals surface area contributed by atoms with Gasteiger partial charge in [0.05, 0.1) is 17.3 Å². The van der Waals surface area contributed by atoms with Crippen LogP contribution in [0.5, 0.6) is 0 Å². The summed E-state index contributed by atoms with van der Waals surface area (Å²) in [5.74, 6) is -4.04. The smallest absolute Gasteiger partial charge is 0.300 e. The second-order valence-corrected chi connectivity index (χ2v) is 9.46. The zero-order valence-corrected chi connectivity index (χ0v) is 19.4. The summed E-state index contributed by atoms with van der Waals surface area (Å²) in [6, 6.07) is 15.9. The number of aliphatic hydroxyl groups excluding tert-OH is 1. The van der Waals surface area contributed by atoms with E-state index < -0.39 is 29.4 Å². The van der Waals surface area contributed by atoms with Crippen molar-refractivity contribution in [1.29, 1.82) is 0 Å². The van der Waals surface area contributed by atoms with Crippen molar-refractivity contribution in [1.82, 2.24) is 0 Å². The normalized spacial score (nSPS) is 17.9. The van der Waals surface area contributed by atoms with E-state index in [9.17, 15) is 23.5 Å². The van der Waals surface area contributed by atoms with Gasteiger partial charge in [-0.2, -0.15) is 0 Å². The van der Waals surface area contributed by atoms with Crippen molar-refractivity contribution in [3.8, 4) is 0 Å². The number of aryl methyl sites for hydroxylation is 1. The van der Waals surface area contributed by atoms with Crippen LogP contribution in [0.1, 0.15) is 49.1 Å². The fourth-order valence-electron chi connectivity index (χ4n) is 4.20. The van der Waals surface area contributed by atoms with Gasteiger partial charge in [-0.05, 0) is 47.2 Å². The lowest BCUT2D eigenvalue weighted by atomic mass is 9.84. The Bertz CT molecular complexity index is 1320. The van der Waals surface area contributed by atoms with Crippen molar-refractivity contribution < 1.29 is 23.5 Å². The lowest BCUT2D eigenvalue weighted by Gasteiger charge is -2.26. The number of amides is 1. The van der Waals surface area contributed by atoms with Gasteiger partial charge >= 0.3 is 0 Å². The summed E-state index contributed by atoms with van der Waals surface area (Å²) in [5, 5.41) is 11.4. The minimum Gasteiger partial charge on any atom is -0.507 e. The Hall–Kier alpha value is -3.80. The summed E-state index contributed by atoms with van der Waals surface area (Å²) >= 11 is 0. The van der Waals surface area contributed by atoms with Crippen molar-refractivity contribution in [2.45, 2.75) is 39.2 Å². The quantitative estimate of drug-likeness (QED) is 0.287. The first-order chi connectivity index (χ1) is 16.0. The molecular formula is C28H25F2NO3. The van der Waals surface area contributed by atoms with Crippen molar-refractivity contribution in [3.05, 3.63) is 106 Å². The molecule has 1 unspecified atom stereocenters. The van der Waals surface area contributed by atoms with Crippen LogP contribution in [-0.2, 0) is 15.0 Å². The van der Waals surface area contributed by atoms with Gasteiger partial charge in [0.2, 0.25) is 0 Å². The van der Waals surface area contributed by atoms with Crippen LogP contribution >= 0.6 is 0 Å². The number of hydrogen-bond acceptors (Lipinski definition) is 3. The van der Waals surface area contributed by atoms with E-state index in [1.165, 1.54) is 0 Å². The highest BCUT2D eigenvalue weighted by Crippen LogP contribution is 2.43. The third-order valence-corrected chi connectivity index (χ3v) is 6.09. The first-order valence-corrected chi connectivity index (χ1v) is 10.9. The number of rotatable bonds is 3. The minimum atomic E-state index is -1.08. The van der Waals surface area contributed by atoms with Gasteiger partial charge in [0, 0.05) is 11.6 Å². The van der Waals surface area contributed by atoms with Crippen LogP contribution in [0.25, 0.3) is 5.76 Å². The number of nitrogens with zero attached hydrogens (tertiary/aromatic N) is 1. The van der Waals surface area contributed by atoms with Crippen molar-refractivity contribution >= 4 is 23.1 Å². The number of halogens is 2. The summed E-state index contributed by atoms with van der Waals surface area (Å²) in [7, 11) is 0. The fraction of sp³-hybridized carbons (Fsp3) is 0.214. The predicted molar refractivity (Wildman–Crippen MR) is 127 cm³/mol. The summed E-state index contributed by atoms with van der Waals surface area (Å²) in [6.07, 6.45) is 0. The van der Waals surface area contributed by atoms with Crippen molar-refractivity contribution in [3.63, 3.8) is 0 Å².